The minimum atomic E-state index is -0.884. The first-order valence-corrected chi connectivity index (χ1v) is 9.13. The molecule has 2 heterocycles. The Kier molecular flexibility index (Phi) is 4.50. The molecule has 2 aliphatic rings. The molecular formula is C19H20N6O3. The Balaban J connectivity index is 1.50. The van der Waals surface area contributed by atoms with E-state index >= 15 is 0 Å². The van der Waals surface area contributed by atoms with Gasteiger partial charge in [-0.05, 0) is 42.3 Å². The molecule has 2 aromatic rings. The van der Waals surface area contributed by atoms with Gasteiger partial charge < -0.3 is 5.32 Å². The molecule has 144 valence electrons. The van der Waals surface area contributed by atoms with Gasteiger partial charge in [0.25, 0.3) is 0 Å². The van der Waals surface area contributed by atoms with E-state index in [9.17, 15) is 14.4 Å². The lowest BCUT2D eigenvalue weighted by Gasteiger charge is -2.22. The third-order valence-corrected chi connectivity index (χ3v) is 5.32. The summed E-state index contributed by atoms with van der Waals surface area (Å²) in [5, 5.41) is 14.1. The number of tetrazole rings is 1. The van der Waals surface area contributed by atoms with Crippen LogP contribution in [0.25, 0.3) is 11.4 Å². The minimum Gasteiger partial charge on any atom is -0.324 e. The minimum absolute atomic E-state index is 0.263. The van der Waals surface area contributed by atoms with Crippen LogP contribution in [0, 0.1) is 11.8 Å². The van der Waals surface area contributed by atoms with Crippen LogP contribution >= 0.6 is 0 Å². The second-order valence-corrected chi connectivity index (χ2v) is 7.07. The van der Waals surface area contributed by atoms with Crippen molar-refractivity contribution in [1.82, 2.24) is 25.1 Å². The average Bonchev–Trinajstić information content (AvgIpc) is 3.23. The molecule has 1 saturated heterocycles. The van der Waals surface area contributed by atoms with E-state index in [1.807, 2.05) is 18.2 Å². The lowest BCUT2D eigenvalue weighted by molar-refractivity contribution is -0.146. The summed E-state index contributed by atoms with van der Waals surface area (Å²) in [4.78, 5) is 39.2. The molecule has 1 aromatic heterocycles. The lowest BCUT2D eigenvalue weighted by Crippen LogP contribution is -2.46. The topological polar surface area (TPSA) is 110 Å². The number of fused-ring (bicyclic) bond motifs is 1. The quantitative estimate of drug-likeness (QED) is 0.629. The van der Waals surface area contributed by atoms with Crippen LogP contribution in [0.1, 0.15) is 19.8 Å². The van der Waals surface area contributed by atoms with Gasteiger partial charge in [0.15, 0.2) is 5.82 Å². The molecule has 28 heavy (non-hydrogen) atoms. The van der Waals surface area contributed by atoms with Crippen molar-refractivity contribution in [2.24, 2.45) is 18.9 Å². The third-order valence-electron chi connectivity index (χ3n) is 5.32. The van der Waals surface area contributed by atoms with Crippen LogP contribution in [0.4, 0.5) is 5.69 Å². The van der Waals surface area contributed by atoms with Crippen molar-refractivity contribution in [3.63, 3.8) is 0 Å². The number of nitrogens with one attached hydrogen (secondary N) is 1. The highest BCUT2D eigenvalue weighted by Crippen LogP contribution is 2.36. The molecule has 1 aliphatic heterocycles. The number of anilines is 1. The molecule has 1 N–H and O–H groups in total. The predicted octanol–water partition coefficient (Wildman–Crippen LogP) is 1.16. The van der Waals surface area contributed by atoms with Crippen molar-refractivity contribution in [1.29, 1.82) is 0 Å². The number of rotatable bonds is 4. The molecule has 9 heteroatoms. The molecule has 3 atom stereocenters. The van der Waals surface area contributed by atoms with Gasteiger partial charge in [-0.25, -0.2) is 4.68 Å². The summed E-state index contributed by atoms with van der Waals surface area (Å²) in [6.07, 6.45) is 4.95. The molecule has 9 nitrogen and oxygen atoms in total. The average molecular weight is 380 g/mol. The number of carbonyl (C=O) groups excluding carboxylic acids is 3. The van der Waals surface area contributed by atoms with Gasteiger partial charge in [-0.15, -0.1) is 5.10 Å². The number of amides is 3. The molecule has 4 rings (SSSR count). The Morgan fingerprint density at radius 3 is 2.46 bits per heavy atom. The van der Waals surface area contributed by atoms with Crippen molar-refractivity contribution < 1.29 is 14.4 Å². The number of nitrogens with zero attached hydrogens (tertiary/aromatic N) is 5. The smallest absolute Gasteiger partial charge is 0.247 e. The van der Waals surface area contributed by atoms with Crippen LogP contribution in [-0.4, -0.2) is 48.9 Å². The lowest BCUT2D eigenvalue weighted by atomic mass is 9.85. The Bertz CT molecular complexity index is 956. The summed E-state index contributed by atoms with van der Waals surface area (Å²) >= 11 is 0. The molecule has 0 unspecified atom stereocenters. The summed E-state index contributed by atoms with van der Waals surface area (Å²) in [6, 6.07) is 6.20. The van der Waals surface area contributed by atoms with Gasteiger partial charge in [-0.2, -0.15) is 0 Å². The van der Waals surface area contributed by atoms with Gasteiger partial charge in [0.1, 0.15) is 6.04 Å². The van der Waals surface area contributed by atoms with Crippen molar-refractivity contribution in [2.75, 3.05) is 5.32 Å². The molecule has 1 aliphatic carbocycles. The molecule has 0 radical (unpaired) electrons. The number of aromatic nitrogens is 4. The van der Waals surface area contributed by atoms with Crippen molar-refractivity contribution >= 4 is 23.4 Å². The van der Waals surface area contributed by atoms with Gasteiger partial charge in [0, 0.05) is 18.3 Å². The van der Waals surface area contributed by atoms with E-state index in [0.29, 0.717) is 24.4 Å². The maximum Gasteiger partial charge on any atom is 0.247 e. The first-order valence-electron chi connectivity index (χ1n) is 9.13. The van der Waals surface area contributed by atoms with E-state index in [1.54, 1.807) is 32.2 Å². The van der Waals surface area contributed by atoms with Crippen LogP contribution in [-0.2, 0) is 21.4 Å². The molecule has 1 aromatic carbocycles. The Morgan fingerprint density at radius 2 is 1.86 bits per heavy atom. The van der Waals surface area contributed by atoms with Crippen LogP contribution in [0.5, 0.6) is 0 Å². The fraction of sp³-hybridized carbons (Fsp3) is 0.368. The van der Waals surface area contributed by atoms with Gasteiger partial charge in [0.05, 0.1) is 11.8 Å². The van der Waals surface area contributed by atoms with Crippen LogP contribution in [0.3, 0.4) is 0 Å². The summed E-state index contributed by atoms with van der Waals surface area (Å²) in [6.45, 7) is 1.58. The van der Waals surface area contributed by atoms with Gasteiger partial charge in [-0.3, -0.25) is 19.3 Å². The highest BCUT2D eigenvalue weighted by atomic mass is 16.2. The Hall–Kier alpha value is -3.36. The number of allylic oxidation sites excluding steroid dienone is 2. The van der Waals surface area contributed by atoms with Gasteiger partial charge >= 0.3 is 0 Å². The first kappa shape index (κ1) is 18.0. The summed E-state index contributed by atoms with van der Waals surface area (Å²) in [5.74, 6) is -1.08. The zero-order chi connectivity index (χ0) is 19.8. The summed E-state index contributed by atoms with van der Waals surface area (Å²) in [5.41, 5.74) is 1.28. The van der Waals surface area contributed by atoms with E-state index in [-0.39, 0.29) is 23.7 Å². The number of carbonyl (C=O) groups is 3. The zero-order valence-electron chi connectivity index (χ0n) is 15.6. The fourth-order valence-electron chi connectivity index (χ4n) is 3.78. The second-order valence-electron chi connectivity index (χ2n) is 7.07. The standard InChI is InChI=1S/C19H20N6O3/c1-11(25-18(27)14-8-3-4-9-15(14)19(25)28)17(26)20-13-7-5-6-12(10-13)16-21-22-23-24(16)2/h3-7,10-11,14-15H,8-9H2,1-2H3,(H,20,26)/t11-,14-,15-/m1/s1. The van der Waals surface area contributed by atoms with Gasteiger partial charge in [-0.1, -0.05) is 24.3 Å². The highest BCUT2D eigenvalue weighted by molar-refractivity contribution is 6.10. The monoisotopic (exact) mass is 380 g/mol. The number of aryl methyl sites for hydroxylation is 1. The van der Waals surface area contributed by atoms with E-state index < -0.39 is 11.9 Å². The maximum atomic E-state index is 12.7. The normalized spacial score (nSPS) is 22.3. The Labute approximate surface area is 161 Å². The zero-order valence-corrected chi connectivity index (χ0v) is 15.6. The molecular weight excluding hydrogens is 360 g/mol. The number of benzene rings is 1. The number of likely N-dealkylation sites (tertiary alicyclic amines) is 1. The SMILES string of the molecule is C[C@H](C(=O)Nc1cccc(-c2nnnn2C)c1)N1C(=O)[C@@H]2CC=CC[C@H]2C1=O. The molecule has 0 saturated carbocycles. The first-order chi connectivity index (χ1) is 13.5. The number of hydrogen-bond acceptors (Lipinski definition) is 6. The second kappa shape index (κ2) is 6.99. The summed E-state index contributed by atoms with van der Waals surface area (Å²) in [7, 11) is 1.72. The van der Waals surface area contributed by atoms with Crippen LogP contribution in [0.2, 0.25) is 0 Å². The predicted molar refractivity (Wildman–Crippen MR) is 99.5 cm³/mol. The van der Waals surface area contributed by atoms with Crippen LogP contribution < -0.4 is 5.32 Å². The molecule has 3 amide bonds. The number of hydrogen-bond donors (Lipinski definition) is 1. The molecule has 0 spiro atoms. The van der Waals surface area contributed by atoms with Crippen molar-refractivity contribution in [3.05, 3.63) is 36.4 Å². The van der Waals surface area contributed by atoms with Crippen LogP contribution in [0.15, 0.2) is 36.4 Å². The third kappa shape index (κ3) is 2.98. The van der Waals surface area contributed by atoms with Gasteiger partial charge in [0.2, 0.25) is 17.7 Å². The fourth-order valence-corrected chi connectivity index (χ4v) is 3.78. The number of imide groups is 1. The Morgan fingerprint density at radius 1 is 1.18 bits per heavy atom. The van der Waals surface area contributed by atoms with E-state index in [1.165, 1.54) is 4.68 Å². The maximum absolute atomic E-state index is 12.7. The summed E-state index contributed by atoms with van der Waals surface area (Å²) < 4.78 is 1.53. The van der Waals surface area contributed by atoms with Crippen molar-refractivity contribution in [3.8, 4) is 11.4 Å². The van der Waals surface area contributed by atoms with E-state index in [2.05, 4.69) is 20.8 Å². The largest absolute Gasteiger partial charge is 0.324 e. The molecule has 0 bridgehead atoms. The van der Waals surface area contributed by atoms with E-state index in [4.69, 9.17) is 0 Å². The van der Waals surface area contributed by atoms with Crippen molar-refractivity contribution in [2.45, 2.75) is 25.8 Å². The van der Waals surface area contributed by atoms with E-state index in [0.717, 1.165) is 10.5 Å². The highest BCUT2D eigenvalue weighted by Gasteiger charge is 2.50. The molecule has 1 fully saturated rings.